The molecule has 2 aromatic carbocycles. The predicted octanol–water partition coefficient (Wildman–Crippen LogP) is 2.97. The van der Waals surface area contributed by atoms with Gasteiger partial charge in [0.15, 0.2) is 11.8 Å². The molecule has 0 atom stereocenters. The van der Waals surface area contributed by atoms with E-state index in [1.807, 2.05) is 19.1 Å². The minimum absolute atomic E-state index is 0.0395. The molecule has 10 nitrogen and oxygen atoms in total. The molecule has 3 aromatic rings. The van der Waals surface area contributed by atoms with Gasteiger partial charge in [-0.2, -0.15) is 5.10 Å². The Balaban J connectivity index is 1.65. The number of aryl methyl sites for hydroxylation is 1. The molecule has 0 saturated heterocycles. The van der Waals surface area contributed by atoms with E-state index in [9.17, 15) is 19.7 Å². The Morgan fingerprint density at radius 3 is 2.76 bits per heavy atom. The van der Waals surface area contributed by atoms with Crippen LogP contribution in [0, 0.1) is 17.0 Å². The van der Waals surface area contributed by atoms with Crippen molar-refractivity contribution in [3.63, 3.8) is 0 Å². The maximum atomic E-state index is 12.2. The zero-order valence-electron chi connectivity index (χ0n) is 15.1. The van der Waals surface area contributed by atoms with Crippen molar-refractivity contribution in [1.82, 2.24) is 15.2 Å². The van der Waals surface area contributed by atoms with Gasteiger partial charge in [-0.05, 0) is 42.4 Å². The molecule has 0 saturated carbocycles. The molecule has 0 aliphatic heterocycles. The van der Waals surface area contributed by atoms with Crippen LogP contribution in [0.5, 0.6) is 0 Å². The number of hydrogen-bond acceptors (Lipinski definition) is 8. The van der Waals surface area contributed by atoms with Gasteiger partial charge in [-0.25, -0.2) is 9.78 Å². The summed E-state index contributed by atoms with van der Waals surface area (Å²) in [5, 5.41) is 20.6. The van der Waals surface area contributed by atoms with Crippen LogP contribution in [0.1, 0.15) is 15.9 Å². The Morgan fingerprint density at radius 1 is 1.28 bits per heavy atom. The van der Waals surface area contributed by atoms with E-state index in [1.165, 1.54) is 18.5 Å². The fraction of sp³-hybridized carbons (Fsp3) is 0.111. The van der Waals surface area contributed by atoms with Crippen molar-refractivity contribution in [3.8, 4) is 0 Å². The first-order valence-corrected chi connectivity index (χ1v) is 9.10. The highest BCUT2D eigenvalue weighted by Gasteiger charge is 2.20. The lowest BCUT2D eigenvalue weighted by atomic mass is 10.2. The first kappa shape index (κ1) is 20.0. The number of aromatic nitrogens is 3. The van der Waals surface area contributed by atoms with Crippen LogP contribution in [0.25, 0.3) is 0 Å². The van der Waals surface area contributed by atoms with Crippen LogP contribution in [0.3, 0.4) is 0 Å². The molecule has 1 aromatic heterocycles. The summed E-state index contributed by atoms with van der Waals surface area (Å²) >= 11 is 1.00. The number of nitrogens with zero attached hydrogens (tertiary/aromatic N) is 3. The fourth-order valence-corrected chi connectivity index (χ4v) is 3.12. The van der Waals surface area contributed by atoms with E-state index in [0.717, 1.165) is 23.4 Å². The number of nitro benzene ring substituents is 1. The lowest BCUT2D eigenvalue weighted by Crippen LogP contribution is -2.21. The normalized spacial score (nSPS) is 10.4. The minimum Gasteiger partial charge on any atom is -0.452 e. The van der Waals surface area contributed by atoms with E-state index in [2.05, 4.69) is 20.5 Å². The number of ether oxygens (including phenoxy) is 1. The third-order valence-electron chi connectivity index (χ3n) is 3.74. The van der Waals surface area contributed by atoms with E-state index < -0.39 is 23.4 Å². The number of hydrogen-bond donors (Lipinski definition) is 2. The molecule has 0 aliphatic carbocycles. The molecule has 0 unspecified atom stereocenters. The van der Waals surface area contributed by atoms with Crippen molar-refractivity contribution in [2.45, 2.75) is 17.0 Å². The van der Waals surface area contributed by atoms with Crippen LogP contribution in [-0.2, 0) is 9.53 Å². The highest BCUT2D eigenvalue weighted by atomic mass is 32.2. The van der Waals surface area contributed by atoms with Gasteiger partial charge >= 0.3 is 5.97 Å². The van der Waals surface area contributed by atoms with Gasteiger partial charge in [-0.3, -0.25) is 20.0 Å². The first-order valence-electron chi connectivity index (χ1n) is 8.28. The minimum atomic E-state index is -0.843. The number of esters is 1. The molecule has 148 valence electrons. The molecule has 0 radical (unpaired) electrons. The maximum Gasteiger partial charge on any atom is 0.338 e. The van der Waals surface area contributed by atoms with Crippen LogP contribution < -0.4 is 5.32 Å². The summed E-state index contributed by atoms with van der Waals surface area (Å²) in [6.45, 7) is 1.31. The number of carbonyl (C=O) groups is 2. The summed E-state index contributed by atoms with van der Waals surface area (Å²) in [7, 11) is 0. The molecular formula is C18H15N5O5S. The number of rotatable bonds is 7. The number of para-hydroxylation sites is 1. The average molecular weight is 413 g/mol. The molecule has 1 heterocycles. The SMILES string of the molecule is Cc1ccccc1NC(=O)COC(=O)c1ccc(Sc2ncn[nH]2)c([N+](=O)[O-])c1. The molecule has 0 spiro atoms. The van der Waals surface area contributed by atoms with E-state index in [-0.39, 0.29) is 16.1 Å². The van der Waals surface area contributed by atoms with Gasteiger partial charge in [0, 0.05) is 11.8 Å². The molecule has 0 fully saturated rings. The zero-order valence-corrected chi connectivity index (χ0v) is 15.9. The lowest BCUT2D eigenvalue weighted by molar-refractivity contribution is -0.387. The quantitative estimate of drug-likeness (QED) is 0.342. The molecule has 0 aliphatic rings. The lowest BCUT2D eigenvalue weighted by Gasteiger charge is -2.09. The third-order valence-corrected chi connectivity index (χ3v) is 4.70. The predicted molar refractivity (Wildman–Crippen MR) is 104 cm³/mol. The topological polar surface area (TPSA) is 140 Å². The van der Waals surface area contributed by atoms with Gasteiger partial charge in [-0.1, -0.05) is 18.2 Å². The Hall–Kier alpha value is -3.73. The van der Waals surface area contributed by atoms with Gasteiger partial charge in [0.05, 0.1) is 15.4 Å². The summed E-state index contributed by atoms with van der Waals surface area (Å²) in [4.78, 5) is 39.1. The molecule has 2 N–H and O–H groups in total. The number of aromatic amines is 1. The molecule has 1 amide bonds. The van der Waals surface area contributed by atoms with Crippen molar-refractivity contribution in [1.29, 1.82) is 0 Å². The van der Waals surface area contributed by atoms with Crippen molar-refractivity contribution in [3.05, 3.63) is 70.0 Å². The Morgan fingerprint density at radius 2 is 2.07 bits per heavy atom. The molecule has 11 heteroatoms. The van der Waals surface area contributed by atoms with Gasteiger partial charge in [0.1, 0.15) is 6.33 Å². The Bertz CT molecular complexity index is 1050. The second-order valence-corrected chi connectivity index (χ2v) is 6.80. The average Bonchev–Trinajstić information content (AvgIpc) is 3.21. The van der Waals surface area contributed by atoms with E-state index >= 15 is 0 Å². The largest absolute Gasteiger partial charge is 0.452 e. The van der Waals surface area contributed by atoms with Crippen LogP contribution in [0.15, 0.2) is 58.8 Å². The summed E-state index contributed by atoms with van der Waals surface area (Å²) in [5.74, 6) is -1.36. The monoisotopic (exact) mass is 413 g/mol. The van der Waals surface area contributed by atoms with E-state index in [0.29, 0.717) is 10.8 Å². The molecule has 0 bridgehead atoms. The van der Waals surface area contributed by atoms with Crippen molar-refractivity contribution < 1.29 is 19.2 Å². The standard InChI is InChI=1S/C18H15N5O5S/c1-11-4-2-3-5-13(11)21-16(24)9-28-17(25)12-6-7-15(14(8-12)23(26)27)29-18-19-10-20-22-18/h2-8,10H,9H2,1H3,(H,21,24)(H,19,20,22). The van der Waals surface area contributed by atoms with Crippen molar-refractivity contribution >= 4 is 35.0 Å². The van der Waals surface area contributed by atoms with Crippen LogP contribution >= 0.6 is 11.8 Å². The molecule has 3 rings (SSSR count). The third kappa shape index (κ3) is 5.17. The second-order valence-electron chi connectivity index (χ2n) is 5.77. The van der Waals surface area contributed by atoms with Gasteiger partial charge in [0.25, 0.3) is 11.6 Å². The van der Waals surface area contributed by atoms with Crippen LogP contribution in [-0.4, -0.2) is 38.6 Å². The molecular weight excluding hydrogens is 398 g/mol. The number of anilines is 1. The zero-order chi connectivity index (χ0) is 20.8. The Labute approximate surface area is 168 Å². The maximum absolute atomic E-state index is 12.2. The number of H-pyrrole nitrogens is 1. The van der Waals surface area contributed by atoms with Crippen LogP contribution in [0.4, 0.5) is 11.4 Å². The van der Waals surface area contributed by atoms with E-state index in [1.54, 1.807) is 12.1 Å². The van der Waals surface area contributed by atoms with Crippen LogP contribution in [0.2, 0.25) is 0 Å². The van der Waals surface area contributed by atoms with E-state index in [4.69, 9.17) is 4.74 Å². The smallest absolute Gasteiger partial charge is 0.338 e. The van der Waals surface area contributed by atoms with Gasteiger partial charge in [-0.15, -0.1) is 0 Å². The van der Waals surface area contributed by atoms with Gasteiger partial charge in [0.2, 0.25) is 0 Å². The first-order chi connectivity index (χ1) is 13.9. The van der Waals surface area contributed by atoms with Crippen molar-refractivity contribution in [2.24, 2.45) is 0 Å². The number of carbonyl (C=O) groups excluding carboxylic acids is 2. The summed E-state index contributed by atoms with van der Waals surface area (Å²) in [6.07, 6.45) is 1.28. The summed E-state index contributed by atoms with van der Waals surface area (Å²) in [6, 6.07) is 11.1. The fourth-order valence-electron chi connectivity index (χ4n) is 2.33. The highest BCUT2D eigenvalue weighted by Crippen LogP contribution is 2.33. The van der Waals surface area contributed by atoms with Crippen molar-refractivity contribution in [2.75, 3.05) is 11.9 Å². The molecule has 29 heavy (non-hydrogen) atoms. The summed E-state index contributed by atoms with van der Waals surface area (Å²) < 4.78 is 4.97. The number of amides is 1. The number of benzene rings is 2. The van der Waals surface area contributed by atoms with Gasteiger partial charge < -0.3 is 10.1 Å². The number of nitrogens with one attached hydrogen (secondary N) is 2. The number of nitro groups is 1. The summed E-state index contributed by atoms with van der Waals surface area (Å²) in [5.41, 5.74) is 1.15. The second kappa shape index (κ2) is 8.97. The highest BCUT2D eigenvalue weighted by molar-refractivity contribution is 7.99. The Kier molecular flexibility index (Phi) is 6.19.